The number of aromatic nitrogens is 2. The van der Waals surface area contributed by atoms with Crippen LogP contribution in [0.4, 0.5) is 0 Å². The number of aryl methyl sites for hydroxylation is 1. The molecule has 0 saturated carbocycles. The summed E-state index contributed by atoms with van der Waals surface area (Å²) in [5.74, 6) is 0.829. The zero-order chi connectivity index (χ0) is 19.6. The van der Waals surface area contributed by atoms with Crippen LogP contribution in [0.2, 0.25) is 0 Å². The molecule has 27 heavy (non-hydrogen) atoms. The zero-order valence-corrected chi connectivity index (χ0v) is 17.4. The lowest BCUT2D eigenvalue weighted by Crippen LogP contribution is -2.36. The van der Waals surface area contributed by atoms with E-state index < -0.39 is 10.0 Å². The first-order valence-corrected chi connectivity index (χ1v) is 11.0. The van der Waals surface area contributed by atoms with Crippen molar-refractivity contribution < 1.29 is 13.2 Å². The van der Waals surface area contributed by atoms with Crippen molar-refractivity contribution in [2.24, 2.45) is 0 Å². The molecule has 2 heterocycles. The van der Waals surface area contributed by atoms with Gasteiger partial charge in [-0.2, -0.15) is 9.40 Å². The summed E-state index contributed by atoms with van der Waals surface area (Å²) in [5, 5.41) is 4.52. The Bertz CT molecular complexity index is 880. The van der Waals surface area contributed by atoms with Crippen LogP contribution in [0.3, 0.4) is 0 Å². The van der Waals surface area contributed by atoms with Gasteiger partial charge < -0.3 is 4.74 Å². The van der Waals surface area contributed by atoms with Crippen molar-refractivity contribution in [3.05, 3.63) is 41.2 Å². The Hall–Kier alpha value is -1.86. The molecule has 0 spiro atoms. The van der Waals surface area contributed by atoms with Crippen molar-refractivity contribution in [1.82, 2.24) is 14.1 Å². The number of hydrogen-bond acceptors (Lipinski definition) is 4. The lowest BCUT2D eigenvalue weighted by molar-refractivity contribution is 0.242. The molecule has 0 aliphatic carbocycles. The molecular weight excluding hydrogens is 362 g/mol. The molecule has 1 aliphatic rings. The van der Waals surface area contributed by atoms with Gasteiger partial charge in [-0.1, -0.05) is 18.6 Å². The molecule has 7 heteroatoms. The lowest BCUT2D eigenvalue weighted by Gasteiger charge is -2.26. The van der Waals surface area contributed by atoms with Gasteiger partial charge in [0.2, 0.25) is 10.0 Å². The lowest BCUT2D eigenvalue weighted by atomic mass is 10.2. The van der Waals surface area contributed by atoms with Gasteiger partial charge in [-0.15, -0.1) is 0 Å². The Morgan fingerprint density at radius 3 is 2.30 bits per heavy atom. The third-order valence-electron chi connectivity index (χ3n) is 4.86. The minimum atomic E-state index is -3.49. The number of ether oxygens (including phenoxy) is 1. The Morgan fingerprint density at radius 1 is 1.07 bits per heavy atom. The van der Waals surface area contributed by atoms with Gasteiger partial charge in [0.05, 0.1) is 24.0 Å². The van der Waals surface area contributed by atoms with Gasteiger partial charge in [-0.25, -0.2) is 8.42 Å². The molecular formula is C20H29N3O3S. The van der Waals surface area contributed by atoms with Crippen molar-refractivity contribution in [2.75, 3.05) is 13.1 Å². The maximum atomic E-state index is 13.1. The minimum absolute atomic E-state index is 0.134. The van der Waals surface area contributed by atoms with Crippen molar-refractivity contribution in [2.45, 2.75) is 64.5 Å². The highest BCUT2D eigenvalue weighted by Gasteiger charge is 2.31. The highest BCUT2D eigenvalue weighted by Crippen LogP contribution is 2.26. The molecule has 0 radical (unpaired) electrons. The smallest absolute Gasteiger partial charge is 0.246 e. The summed E-state index contributed by atoms with van der Waals surface area (Å²) in [5.41, 5.74) is 2.32. The standard InChI is InChI=1S/C20H29N3O3S/c1-15(2)26-19-10-8-18(9-11-19)14-23-17(4)20(16(3)21-23)27(24,25)22-12-6-5-7-13-22/h8-11,15H,5-7,12-14H2,1-4H3. The number of rotatable bonds is 6. The van der Waals surface area contributed by atoms with Crippen LogP contribution in [0.1, 0.15) is 50.1 Å². The molecule has 1 saturated heterocycles. The predicted molar refractivity (Wildman–Crippen MR) is 106 cm³/mol. The number of hydrogen-bond donors (Lipinski definition) is 0. The first kappa shape index (κ1) is 19.9. The average Bonchev–Trinajstić information content (AvgIpc) is 2.91. The monoisotopic (exact) mass is 391 g/mol. The van der Waals surface area contributed by atoms with Crippen LogP contribution in [0.5, 0.6) is 5.75 Å². The normalized spacial score (nSPS) is 16.0. The van der Waals surface area contributed by atoms with Crippen LogP contribution in [0, 0.1) is 13.8 Å². The second-order valence-electron chi connectivity index (χ2n) is 7.43. The summed E-state index contributed by atoms with van der Waals surface area (Å²) in [6, 6.07) is 7.86. The Labute approximate surface area is 162 Å². The molecule has 3 rings (SSSR count). The van der Waals surface area contributed by atoms with Gasteiger partial charge in [0.1, 0.15) is 10.6 Å². The number of piperidine rings is 1. The summed E-state index contributed by atoms with van der Waals surface area (Å²) in [6.45, 7) is 9.34. The number of sulfonamides is 1. The summed E-state index contributed by atoms with van der Waals surface area (Å²) in [4.78, 5) is 0.365. The second kappa shape index (κ2) is 8.02. The summed E-state index contributed by atoms with van der Waals surface area (Å²) in [6.07, 6.45) is 3.08. The molecule has 0 bridgehead atoms. The molecule has 2 aromatic rings. The van der Waals surface area contributed by atoms with Gasteiger partial charge in [-0.05, 0) is 58.2 Å². The predicted octanol–water partition coefficient (Wildman–Crippen LogP) is 3.51. The first-order chi connectivity index (χ1) is 12.8. The average molecular weight is 392 g/mol. The van der Waals surface area contributed by atoms with Crippen LogP contribution in [0.15, 0.2) is 29.2 Å². The van der Waals surface area contributed by atoms with Gasteiger partial charge in [0.25, 0.3) is 0 Å². The molecule has 1 aliphatic heterocycles. The van der Waals surface area contributed by atoms with E-state index in [4.69, 9.17) is 4.74 Å². The van der Waals surface area contributed by atoms with Gasteiger partial charge >= 0.3 is 0 Å². The summed E-state index contributed by atoms with van der Waals surface area (Å²) in [7, 11) is -3.49. The first-order valence-electron chi connectivity index (χ1n) is 9.59. The largest absolute Gasteiger partial charge is 0.491 e. The fourth-order valence-corrected chi connectivity index (χ4v) is 5.45. The highest BCUT2D eigenvalue weighted by atomic mass is 32.2. The van der Waals surface area contributed by atoms with Crippen LogP contribution in [0.25, 0.3) is 0 Å². The third kappa shape index (κ3) is 4.35. The molecule has 0 N–H and O–H groups in total. The molecule has 0 unspecified atom stereocenters. The van der Waals surface area contributed by atoms with Crippen molar-refractivity contribution >= 4 is 10.0 Å². The van der Waals surface area contributed by atoms with Crippen LogP contribution < -0.4 is 4.74 Å². The van der Waals surface area contributed by atoms with Gasteiger partial charge in [0.15, 0.2) is 0 Å². The van der Waals surface area contributed by atoms with E-state index in [9.17, 15) is 8.42 Å². The molecule has 0 atom stereocenters. The molecule has 0 amide bonds. The van der Waals surface area contributed by atoms with Crippen LogP contribution in [-0.4, -0.2) is 41.7 Å². The highest BCUT2D eigenvalue weighted by molar-refractivity contribution is 7.89. The Morgan fingerprint density at radius 2 is 1.70 bits per heavy atom. The van der Waals surface area contributed by atoms with E-state index in [2.05, 4.69) is 5.10 Å². The number of benzene rings is 1. The fraction of sp³-hybridized carbons (Fsp3) is 0.550. The van der Waals surface area contributed by atoms with E-state index in [0.29, 0.717) is 35.9 Å². The van der Waals surface area contributed by atoms with E-state index in [1.807, 2.05) is 45.0 Å². The summed E-state index contributed by atoms with van der Waals surface area (Å²) < 4.78 is 35.3. The fourth-order valence-electron chi connectivity index (χ4n) is 3.56. The van der Waals surface area contributed by atoms with Gasteiger partial charge in [0, 0.05) is 13.1 Å². The van der Waals surface area contributed by atoms with Crippen LogP contribution in [-0.2, 0) is 16.6 Å². The maximum Gasteiger partial charge on any atom is 0.246 e. The molecule has 1 fully saturated rings. The molecule has 6 nitrogen and oxygen atoms in total. The van der Waals surface area contributed by atoms with E-state index in [1.165, 1.54) is 0 Å². The van der Waals surface area contributed by atoms with Crippen LogP contribution >= 0.6 is 0 Å². The van der Waals surface area contributed by atoms with E-state index in [0.717, 1.165) is 30.6 Å². The SMILES string of the molecule is Cc1nn(Cc2ccc(OC(C)C)cc2)c(C)c1S(=O)(=O)N1CCCCC1. The Balaban J connectivity index is 1.83. The van der Waals surface area contributed by atoms with E-state index in [-0.39, 0.29) is 6.10 Å². The topological polar surface area (TPSA) is 64.4 Å². The molecule has 148 valence electrons. The maximum absolute atomic E-state index is 13.1. The molecule has 1 aromatic heterocycles. The van der Waals surface area contributed by atoms with E-state index >= 15 is 0 Å². The Kier molecular flexibility index (Phi) is 5.91. The number of nitrogens with zero attached hydrogens (tertiary/aromatic N) is 3. The van der Waals surface area contributed by atoms with Crippen molar-refractivity contribution in [3.8, 4) is 5.75 Å². The summed E-state index contributed by atoms with van der Waals surface area (Å²) >= 11 is 0. The zero-order valence-electron chi connectivity index (χ0n) is 16.6. The van der Waals surface area contributed by atoms with Crippen molar-refractivity contribution in [3.63, 3.8) is 0 Å². The van der Waals surface area contributed by atoms with Crippen molar-refractivity contribution in [1.29, 1.82) is 0 Å². The second-order valence-corrected chi connectivity index (χ2v) is 9.31. The minimum Gasteiger partial charge on any atom is -0.491 e. The quantitative estimate of drug-likeness (QED) is 0.756. The molecule has 1 aromatic carbocycles. The van der Waals surface area contributed by atoms with E-state index in [1.54, 1.807) is 15.9 Å². The van der Waals surface area contributed by atoms with Gasteiger partial charge in [-0.3, -0.25) is 4.68 Å². The third-order valence-corrected chi connectivity index (χ3v) is 7.01.